The van der Waals surface area contributed by atoms with Gasteiger partial charge in [0.2, 0.25) is 0 Å². The Morgan fingerprint density at radius 1 is 0.630 bits per heavy atom. The zero-order valence-corrected chi connectivity index (χ0v) is 20.3. The van der Waals surface area contributed by atoms with E-state index in [2.05, 4.69) is 28.1 Å². The van der Waals surface area contributed by atoms with Gasteiger partial charge in [-0.3, -0.25) is 0 Å². The molecule has 0 aliphatic rings. The minimum atomic E-state index is -4.64. The average Bonchev–Trinajstić information content (AvgIpc) is 2.45. The monoisotopic (exact) mass is 504 g/mol. The number of hydrogen-bond acceptors (Lipinski definition) is 1. The van der Waals surface area contributed by atoms with E-state index < -0.39 is 7.82 Å². The third-order valence-electron chi connectivity index (χ3n) is 4.18. The predicted octanol–water partition coefficient (Wildman–Crippen LogP) is 4.91. The number of phosphoric acid groups is 1. The van der Waals surface area contributed by atoms with Crippen molar-refractivity contribution in [2.75, 3.05) is 27.7 Å². The van der Waals surface area contributed by atoms with E-state index in [4.69, 9.17) is 19.2 Å². The molecule has 3 N–H and O–H groups in total. The number of rotatable bonds is 15. The summed E-state index contributed by atoms with van der Waals surface area (Å²) in [6.07, 6.45) is 20.4. The van der Waals surface area contributed by atoms with Gasteiger partial charge < -0.3 is 19.2 Å². The zero-order chi connectivity index (χ0) is 19.6. The van der Waals surface area contributed by atoms with Crippen molar-refractivity contribution < 1.29 is 23.7 Å². The van der Waals surface area contributed by atoms with Gasteiger partial charge in [-0.2, -0.15) is 0 Å². The molecule has 0 aliphatic heterocycles. The van der Waals surface area contributed by atoms with Crippen LogP contribution in [0, 0.1) is 0 Å². The van der Waals surface area contributed by atoms with Crippen LogP contribution in [0.3, 0.4) is 0 Å². The molecule has 0 atom stereocenters. The molecule has 0 saturated carbocycles. The van der Waals surface area contributed by atoms with Crippen LogP contribution in [0.2, 0.25) is 0 Å². The zero-order valence-electron chi connectivity index (χ0n) is 17.7. The van der Waals surface area contributed by atoms with E-state index in [0.29, 0.717) is 0 Å². The average molecular weight is 506 g/mol. The molecule has 0 heterocycles. The van der Waals surface area contributed by atoms with Crippen LogP contribution in [-0.4, -0.2) is 84.6 Å². The van der Waals surface area contributed by atoms with E-state index in [1.807, 2.05) is 0 Å². The molecule has 5 nitrogen and oxygen atoms in total. The van der Waals surface area contributed by atoms with E-state index in [9.17, 15) is 0 Å². The number of hydrogen-bond donors (Lipinski definition) is 3. The molecular weight excluding hydrogens is 457 g/mol. The fourth-order valence-corrected chi connectivity index (χ4v) is 2.78. The first-order chi connectivity index (χ1) is 11.6. The van der Waals surface area contributed by atoms with Gasteiger partial charge in [-0.15, -0.1) is 17.0 Å². The summed E-state index contributed by atoms with van der Waals surface area (Å²) in [6.45, 7) is 3.63. The van der Waals surface area contributed by atoms with Crippen molar-refractivity contribution >= 4 is 62.5 Å². The van der Waals surface area contributed by atoms with E-state index >= 15 is 0 Å². The number of quaternary nitrogens is 1. The molecule has 8 heteroatoms. The second kappa shape index (κ2) is 24.1. The quantitative estimate of drug-likeness (QED) is 0.128. The van der Waals surface area contributed by atoms with Gasteiger partial charge in [0.25, 0.3) is 0 Å². The Hall–Kier alpha value is 1.81. The summed E-state index contributed by atoms with van der Waals surface area (Å²) in [6, 6.07) is 0. The van der Waals surface area contributed by atoms with Gasteiger partial charge in [0.05, 0.1) is 27.7 Å². The Morgan fingerprint density at radius 2 is 0.852 bits per heavy atom. The number of halogens is 1. The molecular formula is C19H48BrCaNO4P+. The van der Waals surface area contributed by atoms with Gasteiger partial charge in [-0.25, -0.2) is 4.57 Å². The Labute approximate surface area is 209 Å². The summed E-state index contributed by atoms with van der Waals surface area (Å²) < 4.78 is 10.0. The molecule has 0 radical (unpaired) electrons. The number of unbranched alkanes of at least 4 members (excludes halogenated alkanes) is 13. The second-order valence-electron chi connectivity index (χ2n) is 8.12. The molecule has 0 aromatic carbocycles. The predicted molar refractivity (Wildman–Crippen MR) is 126 cm³/mol. The molecule has 166 valence electrons. The summed E-state index contributed by atoms with van der Waals surface area (Å²) in [5, 5.41) is 0. The molecule has 0 aromatic heterocycles. The van der Waals surface area contributed by atoms with E-state index in [-0.39, 0.29) is 54.7 Å². The Kier molecular flexibility index (Phi) is 32.3. The third kappa shape index (κ3) is 52.4. The van der Waals surface area contributed by atoms with E-state index in [1.165, 1.54) is 96.4 Å². The molecule has 0 aliphatic carbocycles. The molecule has 0 rings (SSSR count). The first kappa shape index (κ1) is 36.2. The maximum absolute atomic E-state index is 8.88. The molecule has 0 aromatic rings. The van der Waals surface area contributed by atoms with Crippen molar-refractivity contribution in [3.05, 3.63) is 0 Å². The summed E-state index contributed by atoms with van der Waals surface area (Å²) in [5.41, 5.74) is 0. The summed E-state index contributed by atoms with van der Waals surface area (Å²) in [4.78, 5) is 21.6. The van der Waals surface area contributed by atoms with Crippen LogP contribution in [0.5, 0.6) is 0 Å². The van der Waals surface area contributed by atoms with Crippen molar-refractivity contribution in [2.24, 2.45) is 0 Å². The van der Waals surface area contributed by atoms with Crippen molar-refractivity contribution in [1.29, 1.82) is 0 Å². The summed E-state index contributed by atoms with van der Waals surface area (Å²) in [5.74, 6) is 0. The van der Waals surface area contributed by atoms with Crippen LogP contribution >= 0.6 is 24.8 Å². The molecule has 0 fully saturated rings. The Balaban J connectivity index is -0.000000333. The van der Waals surface area contributed by atoms with Gasteiger partial charge >= 0.3 is 45.6 Å². The van der Waals surface area contributed by atoms with Crippen LogP contribution in [0.4, 0.5) is 0 Å². The van der Waals surface area contributed by atoms with Crippen LogP contribution in [0.25, 0.3) is 0 Å². The Bertz CT molecular complexity index is 317. The van der Waals surface area contributed by atoms with E-state index in [1.54, 1.807) is 0 Å². The van der Waals surface area contributed by atoms with Crippen LogP contribution in [-0.2, 0) is 4.57 Å². The third-order valence-corrected chi connectivity index (χ3v) is 4.18. The van der Waals surface area contributed by atoms with Gasteiger partial charge in [0, 0.05) is 0 Å². The molecule has 0 amide bonds. The maximum atomic E-state index is 8.88. The fourth-order valence-electron chi connectivity index (χ4n) is 2.78. The summed E-state index contributed by atoms with van der Waals surface area (Å²) in [7, 11) is 2.24. The van der Waals surface area contributed by atoms with Gasteiger partial charge in [-0.1, -0.05) is 84.0 Å². The van der Waals surface area contributed by atoms with Crippen LogP contribution in [0.15, 0.2) is 0 Å². The molecule has 0 bridgehead atoms. The molecule has 0 saturated heterocycles. The van der Waals surface area contributed by atoms with Gasteiger partial charge in [0.15, 0.2) is 0 Å². The fraction of sp³-hybridized carbons (Fsp3) is 1.00. The van der Waals surface area contributed by atoms with Gasteiger partial charge in [-0.05, 0) is 12.8 Å². The SMILES string of the molecule is Br.CCCCCCCCCCCCCCCC[N+](C)(C)C.O=P(O)(O)O.[CaH2]. The van der Waals surface area contributed by atoms with Crippen LogP contribution in [0.1, 0.15) is 96.8 Å². The molecule has 0 spiro atoms. The normalized spacial score (nSPS) is 11.1. The topological polar surface area (TPSA) is 77.8 Å². The van der Waals surface area contributed by atoms with Crippen LogP contribution < -0.4 is 0 Å². The van der Waals surface area contributed by atoms with Gasteiger partial charge in [0.1, 0.15) is 0 Å². The second-order valence-corrected chi connectivity index (χ2v) is 9.15. The standard InChI is InChI=1S/C19H42N.BrH.Ca.H3O4P.2H/c1-5-6-7-8-9-10-11-12-13-14-15-16-17-18-19-20(2,3)4;;;1-5(2,3)4;;/h5-19H2,1-4H3;1H;;(H3,1,2,3,4);;/q+1;;;;;. The van der Waals surface area contributed by atoms with E-state index in [0.717, 1.165) is 4.48 Å². The summed E-state index contributed by atoms with van der Waals surface area (Å²) >= 11 is 0. The first-order valence-electron chi connectivity index (χ1n) is 10.1. The molecule has 27 heavy (non-hydrogen) atoms. The minimum absolute atomic E-state index is 0. The van der Waals surface area contributed by atoms with Crippen molar-refractivity contribution in [3.63, 3.8) is 0 Å². The van der Waals surface area contributed by atoms with Crippen molar-refractivity contribution in [2.45, 2.75) is 96.8 Å². The Morgan fingerprint density at radius 3 is 1.07 bits per heavy atom. The number of nitrogens with zero attached hydrogens (tertiary/aromatic N) is 1. The van der Waals surface area contributed by atoms with Crippen molar-refractivity contribution in [3.8, 4) is 0 Å². The first-order valence-corrected chi connectivity index (χ1v) is 11.7. The molecule has 0 unspecified atom stereocenters. The van der Waals surface area contributed by atoms with Crippen molar-refractivity contribution in [1.82, 2.24) is 0 Å².